The molecule has 10 heteroatoms. The van der Waals surface area contributed by atoms with E-state index in [0.717, 1.165) is 13.0 Å². The van der Waals surface area contributed by atoms with Gasteiger partial charge in [0.05, 0.1) is 6.04 Å². The normalized spacial score (nSPS) is 18.7. The molecule has 0 saturated carbocycles. The maximum atomic E-state index is 12.6. The third kappa shape index (κ3) is 6.73. The van der Waals surface area contributed by atoms with Crippen LogP contribution >= 0.6 is 0 Å². The molecule has 30 heavy (non-hydrogen) atoms. The number of aliphatic carboxylic acids is 1. The molecule has 0 bridgehead atoms. The number of nitrogens with one attached hydrogen (secondary N) is 4. The van der Waals surface area contributed by atoms with Crippen LogP contribution in [0.15, 0.2) is 24.3 Å². The second-order valence-corrected chi connectivity index (χ2v) is 7.38. The van der Waals surface area contributed by atoms with Crippen molar-refractivity contribution in [2.45, 2.75) is 57.3 Å². The van der Waals surface area contributed by atoms with Gasteiger partial charge in [0.25, 0.3) is 0 Å². The zero-order chi connectivity index (χ0) is 22.3. The van der Waals surface area contributed by atoms with E-state index in [1.807, 2.05) is 0 Å². The molecule has 1 aromatic rings. The van der Waals surface area contributed by atoms with Crippen LogP contribution in [-0.4, -0.2) is 64.6 Å². The lowest BCUT2D eigenvalue weighted by atomic mass is 10.0. The van der Waals surface area contributed by atoms with E-state index in [9.17, 15) is 24.3 Å². The molecule has 0 radical (unpaired) electrons. The zero-order valence-corrected chi connectivity index (χ0v) is 17.0. The molecule has 4 atom stereocenters. The zero-order valence-electron chi connectivity index (χ0n) is 17.0. The second-order valence-electron chi connectivity index (χ2n) is 7.38. The largest absolute Gasteiger partial charge is 0.508 e. The van der Waals surface area contributed by atoms with E-state index in [0.29, 0.717) is 12.0 Å². The average Bonchev–Trinajstić information content (AvgIpc) is 3.23. The average molecular weight is 420 g/mol. The fourth-order valence-corrected chi connectivity index (χ4v) is 3.04. The lowest BCUT2D eigenvalue weighted by Gasteiger charge is -2.23. The number of phenolic OH excluding ortho intramolecular Hbond substituents is 1. The summed E-state index contributed by atoms with van der Waals surface area (Å²) in [7, 11) is 0. The summed E-state index contributed by atoms with van der Waals surface area (Å²) in [5, 5.41) is 29.0. The maximum Gasteiger partial charge on any atom is 0.325 e. The van der Waals surface area contributed by atoms with Crippen molar-refractivity contribution in [1.82, 2.24) is 21.3 Å². The number of phenols is 1. The Kier molecular flexibility index (Phi) is 8.16. The third-order valence-electron chi connectivity index (χ3n) is 4.87. The highest BCUT2D eigenvalue weighted by Crippen LogP contribution is 2.12. The minimum absolute atomic E-state index is 0.0557. The predicted molar refractivity (Wildman–Crippen MR) is 108 cm³/mol. The molecule has 164 valence electrons. The van der Waals surface area contributed by atoms with Crippen molar-refractivity contribution < 1.29 is 29.4 Å². The van der Waals surface area contributed by atoms with Gasteiger partial charge in [0.1, 0.15) is 23.9 Å². The van der Waals surface area contributed by atoms with Gasteiger partial charge >= 0.3 is 5.97 Å². The first kappa shape index (κ1) is 23.1. The van der Waals surface area contributed by atoms with Gasteiger partial charge in [0.2, 0.25) is 17.7 Å². The van der Waals surface area contributed by atoms with E-state index in [1.54, 1.807) is 12.1 Å². The van der Waals surface area contributed by atoms with E-state index >= 15 is 0 Å². The minimum atomic E-state index is -1.21. The molecule has 1 aliphatic heterocycles. The molecule has 6 N–H and O–H groups in total. The van der Waals surface area contributed by atoms with Gasteiger partial charge in [-0.2, -0.15) is 0 Å². The monoisotopic (exact) mass is 420 g/mol. The van der Waals surface area contributed by atoms with Crippen LogP contribution in [0.2, 0.25) is 0 Å². The number of amides is 3. The topological polar surface area (TPSA) is 157 Å². The van der Waals surface area contributed by atoms with Crippen LogP contribution in [0.1, 0.15) is 32.3 Å². The standard InChI is InChI=1S/C20H28N4O6/c1-11(22-18(27)15-4-3-9-21-15)17(26)24-16(19(28)23-12(2)20(29)30)10-13-5-7-14(25)8-6-13/h5-8,11-12,15-16,21,25H,3-4,9-10H2,1-2H3,(H,22,27)(H,23,28)(H,24,26)(H,29,30). The first-order valence-electron chi connectivity index (χ1n) is 9.82. The van der Waals surface area contributed by atoms with Crippen molar-refractivity contribution in [3.8, 4) is 5.75 Å². The third-order valence-corrected chi connectivity index (χ3v) is 4.87. The Hall–Kier alpha value is -3.14. The van der Waals surface area contributed by atoms with Crippen LogP contribution in [0.3, 0.4) is 0 Å². The Labute approximate surface area is 174 Å². The Bertz CT molecular complexity index is 776. The number of hydrogen-bond donors (Lipinski definition) is 6. The summed E-state index contributed by atoms with van der Waals surface area (Å²) in [4.78, 5) is 48.4. The summed E-state index contributed by atoms with van der Waals surface area (Å²) in [6.07, 6.45) is 1.66. The van der Waals surface area contributed by atoms with Crippen molar-refractivity contribution in [1.29, 1.82) is 0 Å². The van der Waals surface area contributed by atoms with Crippen LogP contribution in [0.4, 0.5) is 0 Å². The summed E-state index contributed by atoms with van der Waals surface area (Å²) in [6.45, 7) is 3.57. The van der Waals surface area contributed by atoms with E-state index in [-0.39, 0.29) is 24.1 Å². The summed E-state index contributed by atoms with van der Waals surface area (Å²) in [5.74, 6) is -2.66. The number of aromatic hydroxyl groups is 1. The molecule has 1 aromatic carbocycles. The van der Waals surface area contributed by atoms with Gasteiger partial charge < -0.3 is 31.5 Å². The van der Waals surface area contributed by atoms with Crippen LogP contribution in [-0.2, 0) is 25.6 Å². The highest BCUT2D eigenvalue weighted by atomic mass is 16.4. The van der Waals surface area contributed by atoms with E-state index in [2.05, 4.69) is 21.3 Å². The van der Waals surface area contributed by atoms with Gasteiger partial charge in [-0.1, -0.05) is 12.1 Å². The molecule has 0 spiro atoms. The molecule has 10 nitrogen and oxygen atoms in total. The number of rotatable bonds is 9. The fourth-order valence-electron chi connectivity index (χ4n) is 3.04. The fraction of sp³-hybridized carbons (Fsp3) is 0.500. The van der Waals surface area contributed by atoms with Crippen LogP contribution in [0.5, 0.6) is 5.75 Å². The molecule has 4 unspecified atom stereocenters. The number of hydrogen-bond acceptors (Lipinski definition) is 6. The highest BCUT2D eigenvalue weighted by Gasteiger charge is 2.29. The second kappa shape index (κ2) is 10.6. The molecule has 2 rings (SSSR count). The molecule has 1 fully saturated rings. The summed E-state index contributed by atoms with van der Waals surface area (Å²) < 4.78 is 0. The molecule has 1 aliphatic rings. The number of carboxylic acids is 1. The maximum absolute atomic E-state index is 12.6. The molecule has 3 amide bonds. The lowest BCUT2D eigenvalue weighted by molar-refractivity contribution is -0.141. The van der Waals surface area contributed by atoms with Gasteiger partial charge in [-0.15, -0.1) is 0 Å². The quantitative estimate of drug-likeness (QED) is 0.307. The van der Waals surface area contributed by atoms with Crippen molar-refractivity contribution in [3.05, 3.63) is 29.8 Å². The first-order valence-corrected chi connectivity index (χ1v) is 9.82. The van der Waals surface area contributed by atoms with E-state index in [1.165, 1.54) is 26.0 Å². The van der Waals surface area contributed by atoms with E-state index < -0.39 is 35.9 Å². The first-order chi connectivity index (χ1) is 14.2. The smallest absolute Gasteiger partial charge is 0.325 e. The van der Waals surface area contributed by atoms with Crippen molar-refractivity contribution in [3.63, 3.8) is 0 Å². The van der Waals surface area contributed by atoms with Crippen molar-refractivity contribution in [2.75, 3.05) is 6.54 Å². The van der Waals surface area contributed by atoms with Gasteiger partial charge in [0.15, 0.2) is 0 Å². The predicted octanol–water partition coefficient (Wildman–Crippen LogP) is -0.734. The van der Waals surface area contributed by atoms with Crippen LogP contribution in [0.25, 0.3) is 0 Å². The summed E-state index contributed by atoms with van der Waals surface area (Å²) in [5.41, 5.74) is 0.656. The Balaban J connectivity index is 2.05. The Morgan fingerprint density at radius 1 is 1.03 bits per heavy atom. The molecule has 1 saturated heterocycles. The number of carbonyl (C=O) groups is 4. The molecular formula is C20H28N4O6. The van der Waals surface area contributed by atoms with Gasteiger partial charge in [0, 0.05) is 6.42 Å². The summed E-state index contributed by atoms with van der Waals surface area (Å²) >= 11 is 0. The number of carbonyl (C=O) groups excluding carboxylic acids is 3. The number of carboxylic acid groups (broad SMARTS) is 1. The minimum Gasteiger partial charge on any atom is -0.508 e. The van der Waals surface area contributed by atoms with Crippen molar-refractivity contribution in [2.24, 2.45) is 0 Å². The molecule has 0 aromatic heterocycles. The molecule has 0 aliphatic carbocycles. The van der Waals surface area contributed by atoms with Gasteiger partial charge in [-0.05, 0) is 50.9 Å². The van der Waals surface area contributed by atoms with Gasteiger partial charge in [-0.3, -0.25) is 19.2 Å². The Morgan fingerprint density at radius 2 is 1.70 bits per heavy atom. The lowest BCUT2D eigenvalue weighted by Crippen LogP contribution is -2.56. The van der Waals surface area contributed by atoms with Crippen LogP contribution < -0.4 is 21.3 Å². The van der Waals surface area contributed by atoms with Crippen molar-refractivity contribution >= 4 is 23.7 Å². The number of benzene rings is 1. The van der Waals surface area contributed by atoms with Gasteiger partial charge in [-0.25, -0.2) is 0 Å². The highest BCUT2D eigenvalue weighted by molar-refractivity contribution is 5.94. The molecular weight excluding hydrogens is 392 g/mol. The van der Waals surface area contributed by atoms with E-state index in [4.69, 9.17) is 5.11 Å². The molecule has 1 heterocycles. The Morgan fingerprint density at radius 3 is 2.27 bits per heavy atom. The van der Waals surface area contributed by atoms with Crippen LogP contribution in [0, 0.1) is 0 Å². The SMILES string of the molecule is CC(NC(=O)C(Cc1ccc(O)cc1)NC(=O)C(C)NC(=O)C1CCCN1)C(=O)O. The summed E-state index contributed by atoms with van der Waals surface area (Å²) in [6, 6.07) is 2.67.